The van der Waals surface area contributed by atoms with E-state index >= 15 is 0 Å². The number of aromatic hydroxyl groups is 1. The Hall–Kier alpha value is -2.86. The zero-order chi connectivity index (χ0) is 17.1. The molecule has 0 aliphatic heterocycles. The molecule has 1 N–H and O–H groups in total. The molecule has 1 aromatic carbocycles. The lowest BCUT2D eigenvalue weighted by Gasteiger charge is -2.04. The van der Waals surface area contributed by atoms with Gasteiger partial charge in [-0.15, -0.1) is 0 Å². The van der Waals surface area contributed by atoms with Gasteiger partial charge in [-0.05, 0) is 42.8 Å². The number of benzene rings is 1. The van der Waals surface area contributed by atoms with E-state index in [0.717, 1.165) is 5.56 Å². The minimum absolute atomic E-state index is 0.186. The summed E-state index contributed by atoms with van der Waals surface area (Å²) in [6.07, 6.45) is 3.05. The van der Waals surface area contributed by atoms with Crippen molar-refractivity contribution in [3.8, 4) is 23.1 Å². The van der Waals surface area contributed by atoms with E-state index < -0.39 is 0 Å². The Morgan fingerprint density at radius 3 is 2.88 bits per heavy atom. The van der Waals surface area contributed by atoms with E-state index in [-0.39, 0.29) is 17.5 Å². The molecule has 122 valence electrons. The van der Waals surface area contributed by atoms with Gasteiger partial charge in [0, 0.05) is 11.2 Å². The van der Waals surface area contributed by atoms with Crippen molar-refractivity contribution < 1.29 is 14.3 Å². The molecular weight excluding hydrogens is 330 g/mol. The van der Waals surface area contributed by atoms with Crippen LogP contribution >= 0.6 is 11.6 Å². The van der Waals surface area contributed by atoms with Crippen LogP contribution in [0.5, 0.6) is 11.7 Å². The van der Waals surface area contributed by atoms with Crippen molar-refractivity contribution >= 4 is 23.6 Å². The summed E-state index contributed by atoms with van der Waals surface area (Å²) >= 11 is 6.00. The van der Waals surface area contributed by atoms with Crippen LogP contribution in [0.3, 0.4) is 0 Å². The average molecular weight is 344 g/mol. The van der Waals surface area contributed by atoms with E-state index in [2.05, 4.69) is 15.0 Å². The lowest BCUT2D eigenvalue weighted by molar-refractivity contribution is 0.336. The van der Waals surface area contributed by atoms with E-state index in [0.29, 0.717) is 22.2 Å². The van der Waals surface area contributed by atoms with Crippen LogP contribution in [0.2, 0.25) is 5.02 Å². The van der Waals surface area contributed by atoms with Crippen LogP contribution in [0.15, 0.2) is 45.9 Å². The fourth-order valence-corrected chi connectivity index (χ4v) is 2.26. The van der Waals surface area contributed by atoms with Crippen LogP contribution in [0.4, 0.5) is 5.82 Å². The highest BCUT2D eigenvalue weighted by Crippen LogP contribution is 2.34. The summed E-state index contributed by atoms with van der Waals surface area (Å²) in [5.74, 6) is 0.887. The standard InChI is InChI=1S/C17H14ClN3O3/c1-10-5-6-19-15(7-10)20-9-13-17(22)24-16(21-13)12-8-11(18)3-4-14(12)23-2/h3-9,22H,1-2H3. The van der Waals surface area contributed by atoms with Gasteiger partial charge in [-0.25, -0.2) is 15.0 Å². The van der Waals surface area contributed by atoms with Gasteiger partial charge in [-0.3, -0.25) is 0 Å². The molecule has 24 heavy (non-hydrogen) atoms. The Kier molecular flexibility index (Phi) is 4.48. The van der Waals surface area contributed by atoms with E-state index in [4.69, 9.17) is 20.8 Å². The van der Waals surface area contributed by atoms with Gasteiger partial charge in [0.25, 0.3) is 0 Å². The second kappa shape index (κ2) is 6.72. The van der Waals surface area contributed by atoms with Crippen LogP contribution in [0.25, 0.3) is 11.5 Å². The van der Waals surface area contributed by atoms with Crippen molar-refractivity contribution in [2.75, 3.05) is 7.11 Å². The zero-order valence-corrected chi connectivity index (χ0v) is 13.8. The molecule has 2 aromatic heterocycles. The first kappa shape index (κ1) is 16.0. The molecule has 0 aliphatic carbocycles. The van der Waals surface area contributed by atoms with Gasteiger partial charge in [-0.1, -0.05) is 11.6 Å². The van der Waals surface area contributed by atoms with Crippen LogP contribution in [-0.2, 0) is 0 Å². The Balaban J connectivity index is 1.95. The fourth-order valence-electron chi connectivity index (χ4n) is 2.09. The first-order chi connectivity index (χ1) is 11.6. The van der Waals surface area contributed by atoms with Crippen molar-refractivity contribution in [3.05, 3.63) is 52.8 Å². The quantitative estimate of drug-likeness (QED) is 0.719. The van der Waals surface area contributed by atoms with Gasteiger partial charge in [0.15, 0.2) is 11.5 Å². The third-order valence-electron chi connectivity index (χ3n) is 3.25. The lowest BCUT2D eigenvalue weighted by Crippen LogP contribution is -1.89. The molecule has 0 radical (unpaired) electrons. The number of halogens is 1. The predicted octanol–water partition coefficient (Wildman–Crippen LogP) is 4.16. The number of aryl methyl sites for hydroxylation is 1. The number of oxazole rings is 1. The van der Waals surface area contributed by atoms with Gasteiger partial charge in [0.05, 0.1) is 18.9 Å². The topological polar surface area (TPSA) is 80.7 Å². The van der Waals surface area contributed by atoms with Gasteiger partial charge in [-0.2, -0.15) is 0 Å². The number of hydrogen-bond acceptors (Lipinski definition) is 6. The highest BCUT2D eigenvalue weighted by Gasteiger charge is 2.16. The SMILES string of the molecule is COc1ccc(Cl)cc1-c1nc(C=Nc2cc(C)ccn2)c(O)o1. The number of aliphatic imine (C=N–C) groups is 1. The maximum Gasteiger partial charge on any atom is 0.312 e. The number of methoxy groups -OCH3 is 1. The number of pyridine rings is 1. The third kappa shape index (κ3) is 3.38. The largest absolute Gasteiger partial charge is 0.496 e. The summed E-state index contributed by atoms with van der Waals surface area (Å²) in [6, 6.07) is 8.72. The number of rotatable bonds is 4. The number of nitrogens with zero attached hydrogens (tertiary/aromatic N) is 3. The van der Waals surface area contributed by atoms with Gasteiger partial charge >= 0.3 is 5.95 Å². The van der Waals surface area contributed by atoms with Gasteiger partial charge in [0.1, 0.15) is 5.75 Å². The molecule has 0 spiro atoms. The second-order valence-electron chi connectivity index (χ2n) is 5.00. The van der Waals surface area contributed by atoms with E-state index in [1.54, 1.807) is 24.4 Å². The first-order valence-electron chi connectivity index (χ1n) is 7.07. The molecule has 0 saturated heterocycles. The Morgan fingerprint density at radius 2 is 2.12 bits per heavy atom. The lowest BCUT2D eigenvalue weighted by atomic mass is 10.2. The molecule has 0 fully saturated rings. The molecule has 6 nitrogen and oxygen atoms in total. The molecular formula is C17H14ClN3O3. The maximum atomic E-state index is 9.94. The minimum Gasteiger partial charge on any atom is -0.496 e. The molecule has 0 atom stereocenters. The Morgan fingerprint density at radius 1 is 1.29 bits per heavy atom. The molecule has 7 heteroatoms. The summed E-state index contributed by atoms with van der Waals surface area (Å²) in [7, 11) is 1.53. The molecule has 0 saturated carbocycles. The summed E-state index contributed by atoms with van der Waals surface area (Å²) < 4.78 is 10.6. The second-order valence-corrected chi connectivity index (χ2v) is 5.44. The van der Waals surface area contributed by atoms with E-state index in [1.807, 2.05) is 19.1 Å². The van der Waals surface area contributed by atoms with Crippen LogP contribution < -0.4 is 4.74 Å². The molecule has 0 aliphatic rings. The van der Waals surface area contributed by atoms with Crippen LogP contribution in [-0.4, -0.2) is 28.4 Å². The highest BCUT2D eigenvalue weighted by atomic mass is 35.5. The molecule has 0 amide bonds. The van der Waals surface area contributed by atoms with Crippen LogP contribution in [0, 0.1) is 6.92 Å². The summed E-state index contributed by atoms with van der Waals surface area (Å²) in [6.45, 7) is 1.94. The number of ether oxygens (including phenoxy) is 1. The third-order valence-corrected chi connectivity index (χ3v) is 3.48. The summed E-state index contributed by atoms with van der Waals surface area (Å²) in [5.41, 5.74) is 1.76. The molecule has 3 rings (SSSR count). The van der Waals surface area contributed by atoms with Gasteiger partial charge in [0.2, 0.25) is 5.89 Å². The predicted molar refractivity (Wildman–Crippen MR) is 91.4 cm³/mol. The Labute approximate surface area is 143 Å². The fraction of sp³-hybridized carbons (Fsp3) is 0.118. The molecule has 2 heterocycles. The van der Waals surface area contributed by atoms with E-state index in [1.165, 1.54) is 13.3 Å². The molecule has 3 aromatic rings. The maximum absolute atomic E-state index is 9.94. The first-order valence-corrected chi connectivity index (χ1v) is 7.45. The normalized spacial score (nSPS) is 11.1. The Bertz CT molecular complexity index is 906. The zero-order valence-electron chi connectivity index (χ0n) is 13.0. The monoisotopic (exact) mass is 343 g/mol. The van der Waals surface area contributed by atoms with Crippen molar-refractivity contribution in [3.63, 3.8) is 0 Å². The van der Waals surface area contributed by atoms with Gasteiger partial charge < -0.3 is 14.3 Å². The van der Waals surface area contributed by atoms with Crippen molar-refractivity contribution in [1.82, 2.24) is 9.97 Å². The van der Waals surface area contributed by atoms with Crippen molar-refractivity contribution in [1.29, 1.82) is 0 Å². The van der Waals surface area contributed by atoms with Crippen molar-refractivity contribution in [2.45, 2.75) is 6.92 Å². The smallest absolute Gasteiger partial charge is 0.312 e. The number of aromatic nitrogens is 2. The summed E-state index contributed by atoms with van der Waals surface area (Å²) in [4.78, 5) is 12.5. The summed E-state index contributed by atoms with van der Waals surface area (Å²) in [5, 5.41) is 10.4. The molecule has 0 unspecified atom stereocenters. The highest BCUT2D eigenvalue weighted by molar-refractivity contribution is 6.30. The van der Waals surface area contributed by atoms with Crippen molar-refractivity contribution in [2.24, 2.45) is 4.99 Å². The molecule has 0 bridgehead atoms. The minimum atomic E-state index is -0.344. The average Bonchev–Trinajstić information content (AvgIpc) is 2.94. The van der Waals surface area contributed by atoms with Crippen LogP contribution in [0.1, 0.15) is 11.3 Å². The number of hydrogen-bond donors (Lipinski definition) is 1. The van der Waals surface area contributed by atoms with E-state index in [9.17, 15) is 5.11 Å².